The predicted molar refractivity (Wildman–Crippen MR) is 93.4 cm³/mol. The van der Waals surface area contributed by atoms with Crippen molar-refractivity contribution in [3.8, 4) is 11.5 Å². The number of rotatable bonds is 7. The molecular formula is C19H21NO5. The van der Waals surface area contributed by atoms with Crippen LogP contribution in [0.5, 0.6) is 11.5 Å². The van der Waals surface area contributed by atoms with E-state index < -0.39 is 12.6 Å². The standard InChI is InChI=1S/C19H21NO5/c1-5-8-20-12(2)9-15(13(20)3)18(22)11-25-19(23)16-10-14(24-4)6-7-17(16)21/h5-7,9-10,21H,1,8,11H2,2-4H3. The molecule has 6 nitrogen and oxygen atoms in total. The zero-order valence-electron chi connectivity index (χ0n) is 14.5. The van der Waals surface area contributed by atoms with Crippen LogP contribution in [-0.4, -0.2) is 35.1 Å². The Morgan fingerprint density at radius 2 is 1.96 bits per heavy atom. The molecule has 0 spiro atoms. The van der Waals surface area contributed by atoms with Gasteiger partial charge in [0.15, 0.2) is 6.61 Å². The monoisotopic (exact) mass is 343 g/mol. The Labute approximate surface area is 146 Å². The summed E-state index contributed by atoms with van der Waals surface area (Å²) in [5.74, 6) is -0.921. The van der Waals surface area contributed by atoms with Crippen LogP contribution in [0.4, 0.5) is 0 Å². The average Bonchev–Trinajstić information content (AvgIpc) is 2.88. The summed E-state index contributed by atoms with van der Waals surface area (Å²) in [7, 11) is 1.45. The maximum Gasteiger partial charge on any atom is 0.342 e. The molecule has 0 atom stereocenters. The largest absolute Gasteiger partial charge is 0.507 e. The van der Waals surface area contributed by atoms with Crippen molar-refractivity contribution in [2.45, 2.75) is 20.4 Å². The first kappa shape index (κ1) is 18.3. The van der Waals surface area contributed by atoms with Crippen LogP contribution in [0.25, 0.3) is 0 Å². The molecule has 6 heteroatoms. The SMILES string of the molecule is C=CCn1c(C)cc(C(=O)COC(=O)c2cc(OC)ccc2O)c1C. The highest BCUT2D eigenvalue weighted by atomic mass is 16.5. The molecule has 1 aromatic carbocycles. The molecule has 1 heterocycles. The number of phenolic OH excluding ortho intramolecular Hbond substituents is 1. The molecule has 1 N–H and O–H groups in total. The molecule has 0 radical (unpaired) electrons. The second-order valence-electron chi connectivity index (χ2n) is 5.57. The molecule has 0 unspecified atom stereocenters. The molecule has 0 aliphatic heterocycles. The number of phenols is 1. The number of aromatic hydroxyl groups is 1. The fourth-order valence-corrected chi connectivity index (χ4v) is 2.59. The van der Waals surface area contributed by atoms with Gasteiger partial charge in [-0.05, 0) is 38.1 Å². The van der Waals surface area contributed by atoms with E-state index in [9.17, 15) is 14.7 Å². The van der Waals surface area contributed by atoms with Crippen molar-refractivity contribution < 1.29 is 24.2 Å². The second-order valence-corrected chi connectivity index (χ2v) is 5.57. The van der Waals surface area contributed by atoms with E-state index in [4.69, 9.17) is 9.47 Å². The minimum atomic E-state index is -0.787. The molecule has 0 bridgehead atoms. The van der Waals surface area contributed by atoms with E-state index in [1.165, 1.54) is 25.3 Å². The number of ether oxygens (including phenoxy) is 2. The zero-order valence-corrected chi connectivity index (χ0v) is 14.5. The summed E-state index contributed by atoms with van der Waals surface area (Å²) in [5, 5.41) is 9.77. The molecule has 0 amide bonds. The topological polar surface area (TPSA) is 77.8 Å². The number of allylic oxidation sites excluding steroid dienone is 1. The number of benzene rings is 1. The van der Waals surface area contributed by atoms with E-state index in [2.05, 4.69) is 6.58 Å². The highest BCUT2D eigenvalue weighted by molar-refractivity contribution is 6.01. The van der Waals surface area contributed by atoms with Gasteiger partial charge >= 0.3 is 5.97 Å². The minimum absolute atomic E-state index is 0.0516. The van der Waals surface area contributed by atoms with Crippen molar-refractivity contribution in [1.82, 2.24) is 4.57 Å². The van der Waals surface area contributed by atoms with Gasteiger partial charge in [0.05, 0.1) is 7.11 Å². The summed E-state index contributed by atoms with van der Waals surface area (Å²) < 4.78 is 12.0. The fraction of sp³-hybridized carbons (Fsp3) is 0.263. The molecule has 132 valence electrons. The molecule has 25 heavy (non-hydrogen) atoms. The maximum atomic E-state index is 12.4. The second kappa shape index (κ2) is 7.70. The smallest absolute Gasteiger partial charge is 0.342 e. The van der Waals surface area contributed by atoms with Gasteiger partial charge in [0.25, 0.3) is 0 Å². The summed E-state index contributed by atoms with van der Waals surface area (Å²) >= 11 is 0. The van der Waals surface area contributed by atoms with Gasteiger partial charge in [-0.25, -0.2) is 4.79 Å². The quantitative estimate of drug-likeness (QED) is 0.475. The lowest BCUT2D eigenvalue weighted by Crippen LogP contribution is -2.15. The van der Waals surface area contributed by atoms with Gasteiger partial charge in [0.1, 0.15) is 17.1 Å². The lowest BCUT2D eigenvalue weighted by molar-refractivity contribution is 0.0471. The number of nitrogens with zero attached hydrogens (tertiary/aromatic N) is 1. The van der Waals surface area contributed by atoms with Gasteiger partial charge < -0.3 is 19.1 Å². The van der Waals surface area contributed by atoms with Crippen LogP contribution in [-0.2, 0) is 11.3 Å². The summed E-state index contributed by atoms with van der Waals surface area (Å²) in [6.07, 6.45) is 1.75. The minimum Gasteiger partial charge on any atom is -0.507 e. The highest BCUT2D eigenvalue weighted by Gasteiger charge is 2.19. The third-order valence-electron chi connectivity index (χ3n) is 3.94. The van der Waals surface area contributed by atoms with Gasteiger partial charge in [0, 0.05) is 23.5 Å². The molecule has 0 saturated carbocycles. The van der Waals surface area contributed by atoms with Crippen LogP contribution in [0.15, 0.2) is 36.9 Å². The third kappa shape index (κ3) is 3.91. The van der Waals surface area contributed by atoms with Crippen LogP contribution in [0.3, 0.4) is 0 Å². The van der Waals surface area contributed by atoms with Crippen molar-refractivity contribution in [3.63, 3.8) is 0 Å². The number of carbonyl (C=O) groups excluding carboxylic acids is 2. The molecule has 0 aliphatic rings. The number of methoxy groups -OCH3 is 1. The van der Waals surface area contributed by atoms with E-state index in [1.54, 1.807) is 12.1 Å². The molecule has 2 rings (SSSR count). The summed E-state index contributed by atoms with van der Waals surface area (Å²) in [5.41, 5.74) is 2.17. The Kier molecular flexibility index (Phi) is 5.64. The van der Waals surface area contributed by atoms with Crippen LogP contribution < -0.4 is 4.74 Å². The predicted octanol–water partition coefficient (Wildman–Crippen LogP) is 3.04. The van der Waals surface area contributed by atoms with Crippen molar-refractivity contribution in [2.75, 3.05) is 13.7 Å². The molecule has 2 aromatic rings. The number of carbonyl (C=O) groups is 2. The Balaban J connectivity index is 2.11. The Hall–Kier alpha value is -3.02. The van der Waals surface area contributed by atoms with E-state index in [-0.39, 0.29) is 17.1 Å². The van der Waals surface area contributed by atoms with Crippen LogP contribution in [0.1, 0.15) is 32.1 Å². The number of hydrogen-bond acceptors (Lipinski definition) is 5. The lowest BCUT2D eigenvalue weighted by Gasteiger charge is -2.08. The van der Waals surface area contributed by atoms with Gasteiger partial charge in [0.2, 0.25) is 5.78 Å². The maximum absolute atomic E-state index is 12.4. The first-order valence-corrected chi connectivity index (χ1v) is 7.74. The Bertz CT molecular complexity index is 819. The number of ketones is 1. The Morgan fingerprint density at radius 1 is 1.24 bits per heavy atom. The van der Waals surface area contributed by atoms with Gasteiger partial charge in [-0.2, -0.15) is 0 Å². The zero-order chi connectivity index (χ0) is 18.6. The number of esters is 1. The fourth-order valence-electron chi connectivity index (χ4n) is 2.59. The molecule has 0 fully saturated rings. The summed E-state index contributed by atoms with van der Waals surface area (Å²) in [4.78, 5) is 24.5. The average molecular weight is 343 g/mol. The number of hydrogen-bond donors (Lipinski definition) is 1. The van der Waals surface area contributed by atoms with E-state index in [0.717, 1.165) is 11.4 Å². The van der Waals surface area contributed by atoms with Crippen molar-refractivity contribution in [3.05, 3.63) is 59.4 Å². The van der Waals surface area contributed by atoms with Gasteiger partial charge in [-0.15, -0.1) is 6.58 Å². The van der Waals surface area contributed by atoms with Crippen LogP contribution >= 0.6 is 0 Å². The van der Waals surface area contributed by atoms with E-state index in [0.29, 0.717) is 17.9 Å². The van der Waals surface area contributed by atoms with Gasteiger partial charge in [-0.1, -0.05) is 6.08 Å². The van der Waals surface area contributed by atoms with E-state index in [1.807, 2.05) is 18.4 Å². The van der Waals surface area contributed by atoms with Crippen molar-refractivity contribution in [1.29, 1.82) is 0 Å². The molecule has 1 aromatic heterocycles. The summed E-state index contributed by atoms with van der Waals surface area (Å²) in [6.45, 7) is 7.62. The molecular weight excluding hydrogens is 322 g/mol. The first-order chi connectivity index (χ1) is 11.9. The molecule has 0 saturated heterocycles. The summed E-state index contributed by atoms with van der Waals surface area (Å²) in [6, 6.07) is 5.97. The third-order valence-corrected chi connectivity index (χ3v) is 3.94. The van der Waals surface area contributed by atoms with E-state index >= 15 is 0 Å². The number of aryl methyl sites for hydroxylation is 1. The lowest BCUT2D eigenvalue weighted by atomic mass is 10.1. The highest BCUT2D eigenvalue weighted by Crippen LogP contribution is 2.24. The molecule has 0 aliphatic carbocycles. The van der Waals surface area contributed by atoms with Gasteiger partial charge in [-0.3, -0.25) is 4.79 Å². The first-order valence-electron chi connectivity index (χ1n) is 7.74. The van der Waals surface area contributed by atoms with Crippen molar-refractivity contribution in [2.24, 2.45) is 0 Å². The normalized spacial score (nSPS) is 10.4. The Morgan fingerprint density at radius 3 is 2.60 bits per heavy atom. The van der Waals surface area contributed by atoms with Crippen molar-refractivity contribution >= 4 is 11.8 Å². The number of aromatic nitrogens is 1. The van der Waals surface area contributed by atoms with Crippen LogP contribution in [0.2, 0.25) is 0 Å². The van der Waals surface area contributed by atoms with Crippen LogP contribution in [0, 0.1) is 13.8 Å². The number of Topliss-reactive ketones (excluding diaryl/α,β-unsaturated/α-hetero) is 1.